The Hall–Kier alpha value is -3.20. The molecule has 0 unspecified atom stereocenters. The van der Waals surface area contributed by atoms with Gasteiger partial charge in [-0.2, -0.15) is 0 Å². The highest BCUT2D eigenvalue weighted by Gasteiger charge is 2.13. The predicted molar refractivity (Wildman–Crippen MR) is 107 cm³/mol. The number of rotatable bonds is 7. The maximum atomic E-state index is 12.4. The molecule has 28 heavy (non-hydrogen) atoms. The van der Waals surface area contributed by atoms with E-state index in [-0.39, 0.29) is 30.7 Å². The molecule has 3 aromatic rings. The first-order chi connectivity index (χ1) is 13.5. The van der Waals surface area contributed by atoms with Crippen LogP contribution in [0.15, 0.2) is 35.8 Å². The molecule has 2 N–H and O–H groups in total. The molecule has 0 aliphatic heterocycles. The fraction of sp³-hybridized carbons (Fsp3) is 0.263. The first kappa shape index (κ1) is 19.6. The summed E-state index contributed by atoms with van der Waals surface area (Å²) in [7, 11) is 0. The van der Waals surface area contributed by atoms with E-state index in [2.05, 4.69) is 15.6 Å². The van der Waals surface area contributed by atoms with E-state index >= 15 is 0 Å². The molecule has 0 atom stereocenters. The number of thiazole rings is 1. The van der Waals surface area contributed by atoms with Gasteiger partial charge in [-0.25, -0.2) is 4.98 Å². The molecule has 0 saturated heterocycles. The van der Waals surface area contributed by atoms with Crippen LogP contribution in [0.3, 0.4) is 0 Å². The molecule has 0 aliphatic rings. The van der Waals surface area contributed by atoms with Gasteiger partial charge < -0.3 is 19.9 Å². The number of carbonyl (C=O) groups is 3. The lowest BCUT2D eigenvalue weighted by atomic mass is 10.2. The highest BCUT2D eigenvalue weighted by atomic mass is 32.1. The maximum absolute atomic E-state index is 12.4. The van der Waals surface area contributed by atoms with Crippen LogP contribution in [0, 0.1) is 0 Å². The second-order valence-electron chi connectivity index (χ2n) is 6.04. The molecule has 0 fully saturated rings. The third kappa shape index (κ3) is 4.74. The van der Waals surface area contributed by atoms with Crippen LogP contribution in [0.5, 0.6) is 0 Å². The zero-order valence-electron chi connectivity index (χ0n) is 15.5. The highest BCUT2D eigenvalue weighted by Crippen LogP contribution is 2.25. The van der Waals surface area contributed by atoms with Crippen LogP contribution in [0.2, 0.25) is 0 Å². The Labute approximate surface area is 165 Å². The molecule has 0 bridgehead atoms. The summed E-state index contributed by atoms with van der Waals surface area (Å²) in [4.78, 5) is 39.5. The van der Waals surface area contributed by atoms with Crippen molar-refractivity contribution in [2.24, 2.45) is 0 Å². The normalized spacial score (nSPS) is 10.6. The van der Waals surface area contributed by atoms with Crippen LogP contribution in [0.4, 0.5) is 10.8 Å². The Morgan fingerprint density at radius 1 is 1.21 bits per heavy atom. The van der Waals surface area contributed by atoms with E-state index in [1.54, 1.807) is 23.1 Å². The van der Waals surface area contributed by atoms with E-state index in [4.69, 9.17) is 4.74 Å². The number of esters is 1. The van der Waals surface area contributed by atoms with Crippen molar-refractivity contribution in [3.05, 3.63) is 41.5 Å². The number of hydrogen-bond donors (Lipinski definition) is 2. The van der Waals surface area contributed by atoms with Gasteiger partial charge in [0.15, 0.2) is 5.13 Å². The summed E-state index contributed by atoms with van der Waals surface area (Å²) < 4.78 is 6.68. The van der Waals surface area contributed by atoms with E-state index in [0.717, 1.165) is 10.9 Å². The lowest BCUT2D eigenvalue weighted by molar-refractivity contribution is -0.142. The minimum absolute atomic E-state index is 0.0778. The molecular formula is C19H20N4O4S. The predicted octanol–water partition coefficient (Wildman–Crippen LogP) is 2.80. The monoisotopic (exact) mass is 400 g/mol. The van der Waals surface area contributed by atoms with Crippen molar-refractivity contribution >= 4 is 50.8 Å². The molecule has 0 saturated carbocycles. The molecule has 1 aromatic carbocycles. The summed E-state index contributed by atoms with van der Waals surface area (Å²) in [6.07, 6.45) is 1.87. The average Bonchev–Trinajstić information content (AvgIpc) is 3.22. The fourth-order valence-electron chi connectivity index (χ4n) is 2.78. The quantitative estimate of drug-likeness (QED) is 0.594. The van der Waals surface area contributed by atoms with Gasteiger partial charge in [0.25, 0.3) is 0 Å². The van der Waals surface area contributed by atoms with Gasteiger partial charge in [0, 0.05) is 23.9 Å². The third-order valence-electron chi connectivity index (χ3n) is 3.87. The number of benzene rings is 1. The molecule has 8 nitrogen and oxygen atoms in total. The lowest BCUT2D eigenvalue weighted by Gasteiger charge is -2.07. The van der Waals surface area contributed by atoms with Gasteiger partial charge in [-0.05, 0) is 25.1 Å². The van der Waals surface area contributed by atoms with Crippen molar-refractivity contribution in [3.8, 4) is 0 Å². The Morgan fingerprint density at radius 3 is 2.79 bits per heavy atom. The third-order valence-corrected chi connectivity index (χ3v) is 4.67. The first-order valence-corrected chi connectivity index (χ1v) is 9.59. The SMILES string of the molecule is CCOC(=O)Cc1csc(NC(=O)Cn2ccc3c(NC(C)=O)cccc32)n1. The van der Waals surface area contributed by atoms with Crippen molar-refractivity contribution in [2.45, 2.75) is 26.8 Å². The van der Waals surface area contributed by atoms with E-state index in [0.29, 0.717) is 23.1 Å². The second kappa shape index (κ2) is 8.66. The number of ether oxygens (including phenoxy) is 1. The van der Waals surface area contributed by atoms with Gasteiger partial charge in [-0.1, -0.05) is 6.07 Å². The van der Waals surface area contributed by atoms with Gasteiger partial charge in [-0.15, -0.1) is 11.3 Å². The molecule has 2 aromatic heterocycles. The van der Waals surface area contributed by atoms with Crippen LogP contribution in [-0.2, 0) is 32.1 Å². The van der Waals surface area contributed by atoms with Gasteiger partial charge in [0.1, 0.15) is 6.54 Å². The van der Waals surface area contributed by atoms with Crippen LogP contribution in [0.1, 0.15) is 19.5 Å². The zero-order chi connectivity index (χ0) is 20.1. The number of anilines is 2. The second-order valence-corrected chi connectivity index (χ2v) is 6.90. The summed E-state index contributed by atoms with van der Waals surface area (Å²) >= 11 is 1.26. The number of nitrogens with zero attached hydrogens (tertiary/aromatic N) is 2. The molecule has 9 heteroatoms. The standard InChI is InChI=1S/C19H20N4O4S/c1-3-27-18(26)9-13-11-28-19(21-13)22-17(25)10-23-8-7-14-15(20-12(2)24)5-4-6-16(14)23/h4-8,11H,3,9-10H2,1-2H3,(H,20,24)(H,21,22,25). The molecule has 3 rings (SSSR count). The van der Waals surface area contributed by atoms with E-state index in [1.807, 2.05) is 24.3 Å². The van der Waals surface area contributed by atoms with Gasteiger partial charge in [0.2, 0.25) is 11.8 Å². The molecule has 0 aliphatic carbocycles. The topological polar surface area (TPSA) is 102 Å². The average molecular weight is 400 g/mol. The number of nitrogens with one attached hydrogen (secondary N) is 2. The minimum atomic E-state index is -0.348. The van der Waals surface area contributed by atoms with Crippen molar-refractivity contribution in [1.82, 2.24) is 9.55 Å². The summed E-state index contributed by atoms with van der Waals surface area (Å²) in [5.41, 5.74) is 2.10. The number of carbonyl (C=O) groups excluding carboxylic acids is 3. The Bertz CT molecular complexity index is 1020. The largest absolute Gasteiger partial charge is 0.466 e. The Balaban J connectivity index is 1.66. The Kier molecular flexibility index (Phi) is 6.05. The van der Waals surface area contributed by atoms with Crippen molar-refractivity contribution in [2.75, 3.05) is 17.2 Å². The van der Waals surface area contributed by atoms with Crippen LogP contribution >= 0.6 is 11.3 Å². The summed E-state index contributed by atoms with van der Waals surface area (Å²) in [5, 5.41) is 8.53. The van der Waals surface area contributed by atoms with Crippen LogP contribution in [0.25, 0.3) is 10.9 Å². The highest BCUT2D eigenvalue weighted by molar-refractivity contribution is 7.13. The molecule has 2 amide bonds. The molecule has 0 radical (unpaired) electrons. The number of aromatic nitrogens is 2. The van der Waals surface area contributed by atoms with E-state index < -0.39 is 0 Å². The summed E-state index contributed by atoms with van der Waals surface area (Å²) in [6.45, 7) is 3.61. The van der Waals surface area contributed by atoms with Gasteiger partial charge in [0.05, 0.1) is 29.9 Å². The Morgan fingerprint density at radius 2 is 2.04 bits per heavy atom. The molecule has 0 spiro atoms. The lowest BCUT2D eigenvalue weighted by Crippen LogP contribution is -2.18. The van der Waals surface area contributed by atoms with Gasteiger partial charge >= 0.3 is 5.97 Å². The van der Waals surface area contributed by atoms with E-state index in [1.165, 1.54) is 18.3 Å². The minimum Gasteiger partial charge on any atom is -0.466 e. The zero-order valence-corrected chi connectivity index (χ0v) is 16.3. The molecular weight excluding hydrogens is 380 g/mol. The number of amides is 2. The first-order valence-electron chi connectivity index (χ1n) is 8.71. The number of hydrogen-bond acceptors (Lipinski definition) is 6. The summed E-state index contributed by atoms with van der Waals surface area (Å²) in [6, 6.07) is 7.38. The van der Waals surface area contributed by atoms with Crippen molar-refractivity contribution in [3.63, 3.8) is 0 Å². The van der Waals surface area contributed by atoms with E-state index in [9.17, 15) is 14.4 Å². The molecule has 146 valence electrons. The van der Waals surface area contributed by atoms with Crippen LogP contribution in [-0.4, -0.2) is 33.9 Å². The van der Waals surface area contributed by atoms with Crippen molar-refractivity contribution < 1.29 is 19.1 Å². The molecule has 2 heterocycles. The summed E-state index contributed by atoms with van der Waals surface area (Å²) in [5.74, 6) is -0.737. The fourth-order valence-corrected chi connectivity index (χ4v) is 3.51. The maximum Gasteiger partial charge on any atom is 0.311 e. The van der Waals surface area contributed by atoms with Crippen LogP contribution < -0.4 is 10.6 Å². The van der Waals surface area contributed by atoms with Gasteiger partial charge in [-0.3, -0.25) is 14.4 Å². The number of fused-ring (bicyclic) bond motifs is 1. The smallest absolute Gasteiger partial charge is 0.311 e. The van der Waals surface area contributed by atoms with Crippen molar-refractivity contribution in [1.29, 1.82) is 0 Å².